The Balaban J connectivity index is 2.05. The van der Waals surface area contributed by atoms with E-state index in [0.29, 0.717) is 11.3 Å². The quantitative estimate of drug-likeness (QED) is 0.532. The second kappa shape index (κ2) is 6.00. The van der Waals surface area contributed by atoms with E-state index in [-0.39, 0.29) is 5.76 Å². The van der Waals surface area contributed by atoms with Crippen LogP contribution in [0.4, 0.5) is 16.0 Å². The molecule has 0 unspecified atom stereocenters. The van der Waals surface area contributed by atoms with Crippen molar-refractivity contribution in [2.24, 2.45) is 0 Å². The first kappa shape index (κ1) is 14.4. The average Bonchev–Trinajstić information content (AvgIpc) is 2.90. The lowest BCUT2D eigenvalue weighted by Crippen LogP contribution is -2.09. The van der Waals surface area contributed by atoms with E-state index in [2.05, 4.69) is 5.32 Å². The summed E-state index contributed by atoms with van der Waals surface area (Å²) in [6, 6.07) is 6.61. The summed E-state index contributed by atoms with van der Waals surface area (Å²) in [7, 11) is 0. The van der Waals surface area contributed by atoms with Gasteiger partial charge in [0.15, 0.2) is 0 Å². The SMILES string of the molecule is Cc1ccc(F)cc1NC(=O)C=Cc1ccc([N+](=O)[O-])o1. The monoisotopic (exact) mass is 290 g/mol. The first-order chi connectivity index (χ1) is 9.95. The molecule has 0 saturated heterocycles. The van der Waals surface area contributed by atoms with E-state index >= 15 is 0 Å². The molecule has 2 aromatic rings. The highest BCUT2D eigenvalue weighted by atomic mass is 19.1. The van der Waals surface area contributed by atoms with Crippen molar-refractivity contribution in [2.75, 3.05) is 5.32 Å². The van der Waals surface area contributed by atoms with Crippen molar-refractivity contribution in [2.45, 2.75) is 6.92 Å². The number of hydrogen-bond acceptors (Lipinski definition) is 4. The Morgan fingerprint density at radius 1 is 1.38 bits per heavy atom. The van der Waals surface area contributed by atoms with Gasteiger partial charge in [-0.05, 0) is 36.8 Å². The maximum Gasteiger partial charge on any atom is 0.433 e. The van der Waals surface area contributed by atoms with E-state index < -0.39 is 22.5 Å². The fourth-order valence-electron chi connectivity index (χ4n) is 1.59. The van der Waals surface area contributed by atoms with Gasteiger partial charge in [-0.2, -0.15) is 0 Å². The van der Waals surface area contributed by atoms with Crippen LogP contribution in [0, 0.1) is 22.9 Å². The Hall–Kier alpha value is -2.96. The molecule has 0 aliphatic heterocycles. The van der Waals surface area contributed by atoms with E-state index in [1.54, 1.807) is 13.0 Å². The van der Waals surface area contributed by atoms with Crippen LogP contribution in [-0.4, -0.2) is 10.8 Å². The predicted molar refractivity (Wildman–Crippen MR) is 74.2 cm³/mol. The van der Waals surface area contributed by atoms with Crippen molar-refractivity contribution < 1.29 is 18.5 Å². The van der Waals surface area contributed by atoms with Gasteiger partial charge in [-0.3, -0.25) is 14.9 Å². The number of carbonyl (C=O) groups excluding carboxylic acids is 1. The average molecular weight is 290 g/mol. The van der Waals surface area contributed by atoms with Gasteiger partial charge in [0.25, 0.3) is 0 Å². The number of carbonyl (C=O) groups is 1. The zero-order valence-corrected chi connectivity index (χ0v) is 11.0. The van der Waals surface area contributed by atoms with Crippen LogP contribution in [0.1, 0.15) is 11.3 Å². The zero-order chi connectivity index (χ0) is 15.4. The Morgan fingerprint density at radius 3 is 2.81 bits per heavy atom. The molecule has 0 fully saturated rings. The first-order valence-corrected chi connectivity index (χ1v) is 5.95. The number of aryl methyl sites for hydroxylation is 1. The summed E-state index contributed by atoms with van der Waals surface area (Å²) < 4.78 is 17.9. The van der Waals surface area contributed by atoms with Crippen LogP contribution in [0.5, 0.6) is 0 Å². The lowest BCUT2D eigenvalue weighted by molar-refractivity contribution is -0.402. The number of benzene rings is 1. The minimum absolute atomic E-state index is 0.174. The van der Waals surface area contributed by atoms with Gasteiger partial charge >= 0.3 is 5.88 Å². The highest BCUT2D eigenvalue weighted by molar-refractivity contribution is 6.02. The summed E-state index contributed by atoms with van der Waals surface area (Å²) in [5.41, 5.74) is 1.07. The number of furan rings is 1. The molecular formula is C14H11FN2O4. The van der Waals surface area contributed by atoms with Crippen LogP contribution in [0.25, 0.3) is 6.08 Å². The molecular weight excluding hydrogens is 279 g/mol. The van der Waals surface area contributed by atoms with Gasteiger partial charge in [-0.15, -0.1) is 0 Å². The van der Waals surface area contributed by atoms with E-state index in [9.17, 15) is 19.3 Å². The summed E-state index contributed by atoms with van der Waals surface area (Å²) in [5.74, 6) is -1.19. The molecule has 0 radical (unpaired) electrons. The second-order valence-corrected chi connectivity index (χ2v) is 4.21. The minimum Gasteiger partial charge on any atom is -0.401 e. The van der Waals surface area contributed by atoms with Crippen molar-refractivity contribution >= 4 is 23.6 Å². The molecule has 0 atom stereocenters. The molecule has 0 aliphatic rings. The fourth-order valence-corrected chi connectivity index (χ4v) is 1.59. The molecule has 0 aliphatic carbocycles. The molecule has 1 aromatic carbocycles. The molecule has 1 N–H and O–H groups in total. The summed E-state index contributed by atoms with van der Waals surface area (Å²) in [6.07, 6.45) is 2.43. The van der Waals surface area contributed by atoms with Gasteiger partial charge in [0.1, 0.15) is 16.5 Å². The number of anilines is 1. The third-order valence-corrected chi connectivity index (χ3v) is 2.65. The Morgan fingerprint density at radius 2 is 2.14 bits per heavy atom. The van der Waals surface area contributed by atoms with Crippen LogP contribution in [0.2, 0.25) is 0 Å². The smallest absolute Gasteiger partial charge is 0.401 e. The van der Waals surface area contributed by atoms with Gasteiger partial charge in [-0.25, -0.2) is 4.39 Å². The Labute approximate surface area is 119 Å². The van der Waals surface area contributed by atoms with E-state index in [4.69, 9.17) is 4.42 Å². The lowest BCUT2D eigenvalue weighted by Gasteiger charge is -2.05. The molecule has 7 heteroatoms. The molecule has 2 rings (SSSR count). The van der Waals surface area contributed by atoms with E-state index in [1.165, 1.54) is 30.3 Å². The van der Waals surface area contributed by atoms with Crippen molar-refractivity contribution in [3.8, 4) is 0 Å². The topological polar surface area (TPSA) is 85.4 Å². The summed E-state index contributed by atoms with van der Waals surface area (Å²) in [4.78, 5) is 21.5. The minimum atomic E-state index is -0.673. The Kier molecular flexibility index (Phi) is 4.13. The normalized spacial score (nSPS) is 10.8. The standard InChI is InChI=1S/C14H11FN2O4/c1-9-2-3-10(15)8-12(9)16-13(18)6-4-11-5-7-14(21-11)17(19)20/h2-8H,1H3,(H,16,18). The summed E-state index contributed by atoms with van der Waals surface area (Å²) in [6.45, 7) is 1.73. The van der Waals surface area contributed by atoms with Gasteiger partial charge in [0.05, 0.1) is 6.07 Å². The summed E-state index contributed by atoms with van der Waals surface area (Å²) >= 11 is 0. The third kappa shape index (κ3) is 3.75. The number of nitrogens with one attached hydrogen (secondary N) is 1. The van der Waals surface area contributed by atoms with Gasteiger partial charge in [-0.1, -0.05) is 6.07 Å². The van der Waals surface area contributed by atoms with Crippen LogP contribution in [0.3, 0.4) is 0 Å². The largest absolute Gasteiger partial charge is 0.433 e. The number of hydrogen-bond donors (Lipinski definition) is 1. The Bertz CT molecular complexity index is 722. The molecule has 0 saturated carbocycles. The number of nitro groups is 1. The fraction of sp³-hybridized carbons (Fsp3) is 0.0714. The van der Waals surface area contributed by atoms with Crippen LogP contribution >= 0.6 is 0 Å². The highest BCUT2D eigenvalue weighted by Gasteiger charge is 2.10. The van der Waals surface area contributed by atoms with Crippen LogP contribution in [0.15, 0.2) is 40.8 Å². The van der Waals surface area contributed by atoms with Crippen molar-refractivity contribution in [1.29, 1.82) is 0 Å². The van der Waals surface area contributed by atoms with Crippen molar-refractivity contribution in [3.05, 3.63) is 63.7 Å². The zero-order valence-electron chi connectivity index (χ0n) is 11.0. The maximum absolute atomic E-state index is 13.1. The molecule has 1 amide bonds. The second-order valence-electron chi connectivity index (χ2n) is 4.21. The van der Waals surface area contributed by atoms with Gasteiger partial charge in [0.2, 0.25) is 5.91 Å². The molecule has 1 heterocycles. The highest BCUT2D eigenvalue weighted by Crippen LogP contribution is 2.18. The van der Waals surface area contributed by atoms with Crippen molar-refractivity contribution in [1.82, 2.24) is 0 Å². The molecule has 1 aromatic heterocycles. The van der Waals surface area contributed by atoms with E-state index in [1.807, 2.05) is 0 Å². The van der Waals surface area contributed by atoms with Crippen LogP contribution in [-0.2, 0) is 4.79 Å². The van der Waals surface area contributed by atoms with Crippen molar-refractivity contribution in [3.63, 3.8) is 0 Å². The first-order valence-electron chi connectivity index (χ1n) is 5.95. The molecule has 21 heavy (non-hydrogen) atoms. The van der Waals surface area contributed by atoms with E-state index in [0.717, 1.165) is 6.08 Å². The lowest BCUT2D eigenvalue weighted by atomic mass is 10.2. The maximum atomic E-state index is 13.1. The number of amides is 1. The molecule has 0 bridgehead atoms. The number of halogens is 1. The number of nitrogens with zero attached hydrogens (tertiary/aromatic N) is 1. The number of rotatable bonds is 4. The molecule has 108 valence electrons. The summed E-state index contributed by atoms with van der Waals surface area (Å²) in [5, 5.41) is 12.9. The third-order valence-electron chi connectivity index (χ3n) is 2.65. The van der Waals surface area contributed by atoms with Gasteiger partial charge in [0, 0.05) is 11.8 Å². The molecule has 6 nitrogen and oxygen atoms in total. The van der Waals surface area contributed by atoms with Gasteiger partial charge < -0.3 is 9.73 Å². The molecule has 0 spiro atoms. The van der Waals surface area contributed by atoms with Crippen LogP contribution < -0.4 is 5.32 Å². The predicted octanol–water partition coefficient (Wildman–Crippen LogP) is 3.29.